The van der Waals surface area contributed by atoms with Crippen LogP contribution in [0.4, 0.5) is 0 Å². The van der Waals surface area contributed by atoms with Gasteiger partial charge < -0.3 is 20.7 Å². The molecule has 6 heteroatoms. The first kappa shape index (κ1) is 20.7. The van der Waals surface area contributed by atoms with Crippen molar-refractivity contribution in [2.24, 2.45) is 10.7 Å². The SMILES string of the molecule is CCN=C(N)N1CCC(CNC(=O)c2ccccc2OC)(c2ccccc2)CC1. The van der Waals surface area contributed by atoms with E-state index in [-0.39, 0.29) is 11.3 Å². The maximum atomic E-state index is 12.9. The summed E-state index contributed by atoms with van der Waals surface area (Å²) in [7, 11) is 1.58. The van der Waals surface area contributed by atoms with Crippen LogP contribution in [-0.4, -0.2) is 50.1 Å². The number of piperidine rings is 1. The Balaban J connectivity index is 1.77. The number of hydrogen-bond acceptors (Lipinski definition) is 3. The van der Waals surface area contributed by atoms with Crippen LogP contribution in [0.1, 0.15) is 35.7 Å². The number of ether oxygens (including phenoxy) is 1. The number of likely N-dealkylation sites (tertiary alicyclic amines) is 1. The van der Waals surface area contributed by atoms with Gasteiger partial charge in [-0.1, -0.05) is 42.5 Å². The Morgan fingerprint density at radius 1 is 1.14 bits per heavy atom. The Hall–Kier alpha value is -3.02. The molecule has 154 valence electrons. The van der Waals surface area contributed by atoms with Crippen molar-refractivity contribution in [2.75, 3.05) is 33.3 Å². The molecule has 1 saturated heterocycles. The lowest BCUT2D eigenvalue weighted by molar-refractivity contribution is 0.0929. The highest BCUT2D eigenvalue weighted by Gasteiger charge is 2.37. The number of hydrogen-bond donors (Lipinski definition) is 2. The fourth-order valence-corrected chi connectivity index (χ4v) is 3.96. The summed E-state index contributed by atoms with van der Waals surface area (Å²) in [4.78, 5) is 19.3. The third-order valence-corrected chi connectivity index (χ3v) is 5.69. The molecule has 2 aromatic rings. The minimum atomic E-state index is -0.137. The number of nitrogens with zero attached hydrogens (tertiary/aromatic N) is 2. The summed E-state index contributed by atoms with van der Waals surface area (Å²) in [5.74, 6) is 1.07. The highest BCUT2D eigenvalue weighted by Crippen LogP contribution is 2.35. The van der Waals surface area contributed by atoms with Crippen LogP contribution < -0.4 is 15.8 Å². The van der Waals surface area contributed by atoms with Gasteiger partial charge in [0.2, 0.25) is 0 Å². The van der Waals surface area contributed by atoms with Crippen molar-refractivity contribution in [3.05, 3.63) is 65.7 Å². The predicted octanol–water partition coefficient (Wildman–Crippen LogP) is 2.79. The molecule has 3 rings (SSSR count). The number of methoxy groups -OCH3 is 1. The first-order chi connectivity index (χ1) is 14.1. The molecule has 3 N–H and O–H groups in total. The normalized spacial score (nSPS) is 16.3. The molecule has 0 radical (unpaired) electrons. The second-order valence-corrected chi connectivity index (χ2v) is 7.35. The van der Waals surface area contributed by atoms with Crippen molar-refractivity contribution in [1.29, 1.82) is 0 Å². The van der Waals surface area contributed by atoms with Crippen LogP contribution in [0.2, 0.25) is 0 Å². The molecule has 1 fully saturated rings. The van der Waals surface area contributed by atoms with E-state index >= 15 is 0 Å². The van der Waals surface area contributed by atoms with E-state index in [0.717, 1.165) is 25.9 Å². The Kier molecular flexibility index (Phi) is 6.75. The summed E-state index contributed by atoms with van der Waals surface area (Å²) in [6, 6.07) is 17.7. The van der Waals surface area contributed by atoms with Crippen molar-refractivity contribution < 1.29 is 9.53 Å². The summed E-state index contributed by atoms with van der Waals surface area (Å²) >= 11 is 0. The number of para-hydroxylation sites is 1. The first-order valence-electron chi connectivity index (χ1n) is 10.1. The average Bonchev–Trinajstić information content (AvgIpc) is 2.78. The molecule has 1 aliphatic rings. The zero-order valence-corrected chi connectivity index (χ0v) is 17.2. The molecule has 0 bridgehead atoms. The monoisotopic (exact) mass is 394 g/mol. The number of guanidine groups is 1. The molecular formula is C23H30N4O2. The van der Waals surface area contributed by atoms with Crippen LogP contribution in [-0.2, 0) is 5.41 Å². The number of carbonyl (C=O) groups is 1. The average molecular weight is 395 g/mol. The maximum Gasteiger partial charge on any atom is 0.255 e. The van der Waals surface area contributed by atoms with Gasteiger partial charge in [0.15, 0.2) is 5.96 Å². The van der Waals surface area contributed by atoms with Gasteiger partial charge >= 0.3 is 0 Å². The number of amides is 1. The van der Waals surface area contributed by atoms with Gasteiger partial charge in [0.25, 0.3) is 5.91 Å². The van der Waals surface area contributed by atoms with Gasteiger partial charge in [-0.3, -0.25) is 9.79 Å². The van der Waals surface area contributed by atoms with Crippen molar-refractivity contribution in [3.8, 4) is 5.75 Å². The molecule has 0 spiro atoms. The smallest absolute Gasteiger partial charge is 0.255 e. The Morgan fingerprint density at radius 3 is 2.45 bits per heavy atom. The highest BCUT2D eigenvalue weighted by atomic mass is 16.5. The quantitative estimate of drug-likeness (QED) is 0.583. The van der Waals surface area contributed by atoms with Crippen LogP contribution in [0.5, 0.6) is 5.75 Å². The summed E-state index contributed by atoms with van der Waals surface area (Å²) in [6.45, 7) is 4.86. The van der Waals surface area contributed by atoms with Crippen LogP contribution >= 0.6 is 0 Å². The third-order valence-electron chi connectivity index (χ3n) is 5.69. The zero-order chi connectivity index (χ0) is 20.7. The van der Waals surface area contributed by atoms with E-state index in [2.05, 4.69) is 39.5 Å². The summed E-state index contributed by atoms with van der Waals surface area (Å²) < 4.78 is 5.34. The van der Waals surface area contributed by atoms with Crippen LogP contribution in [0, 0.1) is 0 Å². The van der Waals surface area contributed by atoms with Crippen molar-refractivity contribution in [2.45, 2.75) is 25.2 Å². The van der Waals surface area contributed by atoms with E-state index in [1.807, 2.05) is 25.1 Å². The molecule has 0 saturated carbocycles. The van der Waals surface area contributed by atoms with E-state index in [0.29, 0.717) is 30.4 Å². The third kappa shape index (κ3) is 4.70. The Labute approximate surface area is 172 Å². The predicted molar refractivity (Wildman–Crippen MR) is 116 cm³/mol. The minimum Gasteiger partial charge on any atom is -0.496 e. The van der Waals surface area contributed by atoms with Gasteiger partial charge in [-0.15, -0.1) is 0 Å². The van der Waals surface area contributed by atoms with Crippen LogP contribution in [0.25, 0.3) is 0 Å². The van der Waals surface area contributed by atoms with Gasteiger partial charge in [-0.2, -0.15) is 0 Å². The molecule has 0 atom stereocenters. The van der Waals surface area contributed by atoms with Crippen molar-refractivity contribution in [3.63, 3.8) is 0 Å². The van der Waals surface area contributed by atoms with E-state index in [4.69, 9.17) is 10.5 Å². The fourth-order valence-electron chi connectivity index (χ4n) is 3.96. The number of carbonyl (C=O) groups excluding carboxylic acids is 1. The van der Waals surface area contributed by atoms with Gasteiger partial charge in [0, 0.05) is 31.6 Å². The number of nitrogens with one attached hydrogen (secondary N) is 1. The Bertz CT molecular complexity index is 843. The van der Waals surface area contributed by atoms with Gasteiger partial charge in [-0.25, -0.2) is 0 Å². The molecule has 6 nitrogen and oxygen atoms in total. The molecule has 0 aromatic heterocycles. The lowest BCUT2D eigenvalue weighted by Crippen LogP contribution is -2.52. The molecule has 2 aromatic carbocycles. The van der Waals surface area contributed by atoms with Crippen LogP contribution in [0.15, 0.2) is 59.6 Å². The number of benzene rings is 2. The lowest BCUT2D eigenvalue weighted by atomic mass is 9.72. The molecule has 1 heterocycles. The summed E-state index contributed by atoms with van der Waals surface area (Å²) in [5, 5.41) is 3.15. The molecule has 1 amide bonds. The standard InChI is InChI=1S/C23H30N4O2/c1-3-25-22(24)27-15-13-23(14-16-27,18-9-5-4-6-10-18)17-26-21(28)19-11-7-8-12-20(19)29-2/h4-12H,3,13-17H2,1-2H3,(H2,24,25)(H,26,28). The first-order valence-corrected chi connectivity index (χ1v) is 10.1. The van der Waals surface area contributed by atoms with E-state index < -0.39 is 0 Å². The Morgan fingerprint density at radius 2 is 1.79 bits per heavy atom. The summed E-state index contributed by atoms with van der Waals surface area (Å²) in [5.41, 5.74) is 7.76. The molecule has 0 unspecified atom stereocenters. The maximum absolute atomic E-state index is 12.9. The van der Waals surface area contributed by atoms with E-state index in [1.165, 1.54) is 5.56 Å². The highest BCUT2D eigenvalue weighted by molar-refractivity contribution is 5.97. The van der Waals surface area contributed by atoms with Crippen LogP contribution in [0.3, 0.4) is 0 Å². The van der Waals surface area contributed by atoms with Gasteiger partial charge in [0.1, 0.15) is 5.75 Å². The molecule has 1 aliphatic heterocycles. The summed E-state index contributed by atoms with van der Waals surface area (Å²) in [6.07, 6.45) is 1.78. The number of nitrogens with two attached hydrogens (primary N) is 1. The topological polar surface area (TPSA) is 80.0 Å². The minimum absolute atomic E-state index is 0.118. The number of rotatable bonds is 6. The second kappa shape index (κ2) is 9.45. The molecule has 29 heavy (non-hydrogen) atoms. The second-order valence-electron chi connectivity index (χ2n) is 7.35. The van der Waals surface area contributed by atoms with E-state index in [9.17, 15) is 4.79 Å². The van der Waals surface area contributed by atoms with Gasteiger partial charge in [0.05, 0.1) is 12.7 Å². The number of aliphatic imine (C=N–C) groups is 1. The molecule has 0 aliphatic carbocycles. The molecular weight excluding hydrogens is 364 g/mol. The van der Waals surface area contributed by atoms with Crippen molar-refractivity contribution >= 4 is 11.9 Å². The van der Waals surface area contributed by atoms with Gasteiger partial charge in [-0.05, 0) is 37.5 Å². The van der Waals surface area contributed by atoms with Crippen molar-refractivity contribution in [1.82, 2.24) is 10.2 Å². The lowest BCUT2D eigenvalue weighted by Gasteiger charge is -2.42. The largest absolute Gasteiger partial charge is 0.496 e. The zero-order valence-electron chi connectivity index (χ0n) is 17.2. The van der Waals surface area contributed by atoms with E-state index in [1.54, 1.807) is 19.2 Å². The fraction of sp³-hybridized carbons (Fsp3) is 0.391.